The third kappa shape index (κ3) is 3.87. The molecule has 2 fully saturated rings. The van der Waals surface area contributed by atoms with Crippen molar-refractivity contribution in [2.45, 2.75) is 64.3 Å². The van der Waals surface area contributed by atoms with Crippen molar-refractivity contribution in [3.05, 3.63) is 0 Å². The second kappa shape index (κ2) is 6.98. The van der Waals surface area contributed by atoms with Crippen molar-refractivity contribution >= 4 is 5.96 Å². The van der Waals surface area contributed by atoms with Gasteiger partial charge in [0.2, 0.25) is 5.96 Å². The third-order valence-corrected chi connectivity index (χ3v) is 4.61. The largest absolute Gasteiger partial charge is 0.353 e. The smallest absolute Gasteiger partial charge is 0.205 e. The zero-order valence-electron chi connectivity index (χ0n) is 11.6. The summed E-state index contributed by atoms with van der Waals surface area (Å²) in [6.07, 6.45) is 10.6. The number of rotatable bonds is 3. The molecular weight excluding hydrogens is 224 g/mol. The molecule has 4 N–H and O–H groups in total. The number of hydrogen-bond acceptors (Lipinski definition) is 2. The molecule has 0 spiro atoms. The Hall–Kier alpha value is -0.770. The summed E-state index contributed by atoms with van der Waals surface area (Å²) in [6, 6.07) is 0.573. The van der Waals surface area contributed by atoms with Crippen LogP contribution in [0, 0.1) is 11.8 Å². The molecule has 0 aromatic carbocycles. The summed E-state index contributed by atoms with van der Waals surface area (Å²) in [5.74, 6) is 7.91. The van der Waals surface area contributed by atoms with Crippen LogP contribution in [0.3, 0.4) is 0 Å². The van der Waals surface area contributed by atoms with Gasteiger partial charge in [0.1, 0.15) is 0 Å². The highest BCUT2D eigenvalue weighted by molar-refractivity contribution is 5.79. The highest BCUT2D eigenvalue weighted by Crippen LogP contribution is 2.29. The van der Waals surface area contributed by atoms with Gasteiger partial charge in [-0.15, -0.1) is 0 Å². The van der Waals surface area contributed by atoms with Crippen LogP contribution in [-0.4, -0.2) is 18.5 Å². The summed E-state index contributed by atoms with van der Waals surface area (Å²) in [7, 11) is 0. The molecule has 0 bridgehead atoms. The maximum Gasteiger partial charge on any atom is 0.205 e. The first-order valence-corrected chi connectivity index (χ1v) is 7.57. The molecule has 0 amide bonds. The van der Waals surface area contributed by atoms with E-state index >= 15 is 0 Å². The van der Waals surface area contributed by atoms with Gasteiger partial charge < -0.3 is 5.32 Å². The van der Waals surface area contributed by atoms with Crippen LogP contribution in [0.5, 0.6) is 0 Å². The van der Waals surface area contributed by atoms with Crippen LogP contribution >= 0.6 is 0 Å². The minimum absolute atomic E-state index is 0.573. The minimum atomic E-state index is 0.573. The molecule has 2 saturated carbocycles. The number of aliphatic imine (C=N–C) groups is 1. The number of nitrogens with one attached hydrogen (secondary N) is 2. The molecule has 104 valence electrons. The molecule has 0 aromatic heterocycles. The molecule has 2 aliphatic rings. The summed E-state index contributed by atoms with van der Waals surface area (Å²) in [5.41, 5.74) is 2.72. The normalized spacial score (nSPS) is 30.4. The van der Waals surface area contributed by atoms with E-state index in [1.54, 1.807) is 0 Å². The predicted molar refractivity (Wildman–Crippen MR) is 76.1 cm³/mol. The van der Waals surface area contributed by atoms with Gasteiger partial charge in [-0.05, 0) is 31.1 Å². The summed E-state index contributed by atoms with van der Waals surface area (Å²) in [5, 5.41) is 3.43. The lowest BCUT2D eigenvalue weighted by Gasteiger charge is -2.27. The molecule has 2 aliphatic carbocycles. The first-order valence-electron chi connectivity index (χ1n) is 7.57. The van der Waals surface area contributed by atoms with Crippen molar-refractivity contribution in [3.63, 3.8) is 0 Å². The van der Waals surface area contributed by atoms with E-state index in [-0.39, 0.29) is 0 Å². The Balaban J connectivity index is 1.80. The fourth-order valence-corrected chi connectivity index (χ4v) is 3.27. The maximum atomic E-state index is 5.56. The molecule has 4 heteroatoms. The fraction of sp³-hybridized carbons (Fsp3) is 0.929. The Labute approximate surface area is 111 Å². The fourth-order valence-electron chi connectivity index (χ4n) is 3.27. The molecule has 2 atom stereocenters. The molecule has 0 radical (unpaired) electrons. The first-order chi connectivity index (χ1) is 8.79. The van der Waals surface area contributed by atoms with Gasteiger partial charge in [0.25, 0.3) is 0 Å². The minimum Gasteiger partial charge on any atom is -0.353 e. The van der Waals surface area contributed by atoms with E-state index in [0.717, 1.165) is 24.3 Å². The predicted octanol–water partition coefficient (Wildman–Crippen LogP) is 2.16. The molecule has 0 heterocycles. The quantitative estimate of drug-likeness (QED) is 0.312. The van der Waals surface area contributed by atoms with E-state index in [1.165, 1.54) is 51.4 Å². The zero-order valence-corrected chi connectivity index (χ0v) is 11.6. The van der Waals surface area contributed by atoms with E-state index in [0.29, 0.717) is 6.04 Å². The summed E-state index contributed by atoms with van der Waals surface area (Å²) < 4.78 is 0. The number of nitrogens with two attached hydrogens (primary N) is 1. The third-order valence-electron chi connectivity index (χ3n) is 4.61. The van der Waals surface area contributed by atoms with Gasteiger partial charge in [0, 0.05) is 12.6 Å². The number of nitrogens with zero attached hydrogens (tertiary/aromatic N) is 1. The van der Waals surface area contributed by atoms with Crippen LogP contribution < -0.4 is 16.6 Å². The highest BCUT2D eigenvalue weighted by Gasteiger charge is 2.21. The Morgan fingerprint density at radius 3 is 2.44 bits per heavy atom. The van der Waals surface area contributed by atoms with Crippen molar-refractivity contribution in [2.24, 2.45) is 22.7 Å². The number of hydrazine groups is 1. The van der Waals surface area contributed by atoms with E-state index in [4.69, 9.17) is 5.84 Å². The molecule has 0 saturated heterocycles. The first kappa shape index (κ1) is 13.7. The SMILES string of the molecule is CC1CCCCC1CN=C(NN)NC1CCCC1. The van der Waals surface area contributed by atoms with Crippen molar-refractivity contribution < 1.29 is 0 Å². The van der Waals surface area contributed by atoms with Gasteiger partial charge in [0.15, 0.2) is 0 Å². The lowest BCUT2D eigenvalue weighted by atomic mass is 9.80. The topological polar surface area (TPSA) is 62.4 Å². The summed E-state index contributed by atoms with van der Waals surface area (Å²) in [6.45, 7) is 3.28. The van der Waals surface area contributed by atoms with E-state index in [9.17, 15) is 0 Å². The van der Waals surface area contributed by atoms with Crippen molar-refractivity contribution in [1.82, 2.24) is 10.7 Å². The molecule has 2 rings (SSSR count). The van der Waals surface area contributed by atoms with Crippen molar-refractivity contribution in [2.75, 3.05) is 6.54 Å². The van der Waals surface area contributed by atoms with Crippen molar-refractivity contribution in [1.29, 1.82) is 0 Å². The van der Waals surface area contributed by atoms with Gasteiger partial charge in [-0.2, -0.15) is 0 Å². The van der Waals surface area contributed by atoms with Crippen LogP contribution in [0.1, 0.15) is 58.3 Å². The molecule has 0 aromatic rings. The lowest BCUT2D eigenvalue weighted by Crippen LogP contribution is -2.46. The molecule has 2 unspecified atom stereocenters. The zero-order chi connectivity index (χ0) is 12.8. The lowest BCUT2D eigenvalue weighted by molar-refractivity contribution is 0.263. The number of hydrogen-bond donors (Lipinski definition) is 3. The van der Waals surface area contributed by atoms with Crippen LogP contribution in [0.25, 0.3) is 0 Å². The summed E-state index contributed by atoms with van der Waals surface area (Å²) in [4.78, 5) is 4.65. The van der Waals surface area contributed by atoms with E-state index < -0.39 is 0 Å². The molecule has 18 heavy (non-hydrogen) atoms. The Morgan fingerprint density at radius 1 is 1.11 bits per heavy atom. The van der Waals surface area contributed by atoms with Gasteiger partial charge in [-0.1, -0.05) is 39.0 Å². The average Bonchev–Trinajstić information content (AvgIpc) is 2.89. The Morgan fingerprint density at radius 2 is 1.78 bits per heavy atom. The monoisotopic (exact) mass is 252 g/mol. The van der Waals surface area contributed by atoms with Crippen LogP contribution in [-0.2, 0) is 0 Å². The van der Waals surface area contributed by atoms with E-state index in [1.807, 2.05) is 0 Å². The maximum absolute atomic E-state index is 5.56. The Kier molecular flexibility index (Phi) is 5.29. The molecular formula is C14H28N4. The standard InChI is InChI=1S/C14H28N4/c1-11-6-2-3-7-12(11)10-16-14(18-15)17-13-8-4-5-9-13/h11-13H,2-10,15H2,1H3,(H2,16,17,18). The highest BCUT2D eigenvalue weighted by atomic mass is 15.3. The Bertz CT molecular complexity index is 271. The number of guanidine groups is 1. The van der Waals surface area contributed by atoms with Gasteiger partial charge in [-0.3, -0.25) is 10.4 Å². The average molecular weight is 252 g/mol. The van der Waals surface area contributed by atoms with Crippen LogP contribution in [0.2, 0.25) is 0 Å². The molecule has 0 aliphatic heterocycles. The van der Waals surface area contributed by atoms with E-state index in [2.05, 4.69) is 22.7 Å². The van der Waals surface area contributed by atoms with Gasteiger partial charge in [-0.25, -0.2) is 5.84 Å². The van der Waals surface area contributed by atoms with Gasteiger partial charge in [0.05, 0.1) is 0 Å². The van der Waals surface area contributed by atoms with Crippen molar-refractivity contribution in [3.8, 4) is 0 Å². The van der Waals surface area contributed by atoms with Crippen LogP contribution in [0.4, 0.5) is 0 Å². The molecule has 4 nitrogen and oxygen atoms in total. The summed E-state index contributed by atoms with van der Waals surface area (Å²) >= 11 is 0. The van der Waals surface area contributed by atoms with Crippen LogP contribution in [0.15, 0.2) is 4.99 Å². The second-order valence-corrected chi connectivity index (χ2v) is 5.98. The van der Waals surface area contributed by atoms with Gasteiger partial charge >= 0.3 is 0 Å². The second-order valence-electron chi connectivity index (χ2n) is 5.98.